The molecule has 2 aromatic heterocycles. The van der Waals surface area contributed by atoms with E-state index in [4.69, 9.17) is 0 Å². The van der Waals surface area contributed by atoms with Crippen molar-refractivity contribution in [3.63, 3.8) is 0 Å². The molecule has 2 heterocycles. The standard InChI is InChI=1S/C17H22N4/c1-3-8-18-11-14-12-21(13-17-19-9-10-20(17)2)16-7-5-4-6-15(14)16/h4-7,9-10,12,18H,3,8,11,13H2,1-2H3. The van der Waals surface area contributed by atoms with Gasteiger partial charge in [-0.05, 0) is 24.6 Å². The summed E-state index contributed by atoms with van der Waals surface area (Å²) in [4.78, 5) is 4.43. The minimum absolute atomic E-state index is 0.803. The molecule has 3 rings (SSSR count). The van der Waals surface area contributed by atoms with Crippen LogP contribution in [0.1, 0.15) is 24.7 Å². The van der Waals surface area contributed by atoms with Gasteiger partial charge in [-0.25, -0.2) is 4.98 Å². The van der Waals surface area contributed by atoms with Crippen molar-refractivity contribution in [1.29, 1.82) is 0 Å². The molecule has 0 aliphatic heterocycles. The molecule has 0 saturated heterocycles. The average Bonchev–Trinajstić information content (AvgIpc) is 3.05. The zero-order valence-electron chi connectivity index (χ0n) is 12.7. The number of fused-ring (bicyclic) bond motifs is 1. The van der Waals surface area contributed by atoms with Crippen LogP contribution in [0.25, 0.3) is 10.9 Å². The maximum atomic E-state index is 4.43. The number of aryl methyl sites for hydroxylation is 1. The van der Waals surface area contributed by atoms with E-state index < -0.39 is 0 Å². The van der Waals surface area contributed by atoms with E-state index in [-0.39, 0.29) is 0 Å². The Kier molecular flexibility index (Phi) is 4.06. The van der Waals surface area contributed by atoms with Gasteiger partial charge in [-0.3, -0.25) is 0 Å². The van der Waals surface area contributed by atoms with Crippen LogP contribution in [0.3, 0.4) is 0 Å². The number of rotatable bonds is 6. The van der Waals surface area contributed by atoms with E-state index in [1.54, 1.807) is 0 Å². The molecule has 0 bridgehead atoms. The van der Waals surface area contributed by atoms with E-state index in [0.29, 0.717) is 0 Å². The molecule has 21 heavy (non-hydrogen) atoms. The first-order chi connectivity index (χ1) is 10.3. The lowest BCUT2D eigenvalue weighted by Crippen LogP contribution is -2.13. The zero-order valence-corrected chi connectivity index (χ0v) is 12.7. The molecule has 0 unspecified atom stereocenters. The summed E-state index contributed by atoms with van der Waals surface area (Å²) in [5, 5.41) is 4.82. The Bertz CT molecular complexity index is 723. The van der Waals surface area contributed by atoms with Crippen molar-refractivity contribution in [2.24, 2.45) is 7.05 Å². The quantitative estimate of drug-likeness (QED) is 0.705. The molecular weight excluding hydrogens is 260 g/mol. The normalized spacial score (nSPS) is 11.3. The number of para-hydroxylation sites is 1. The molecule has 0 atom stereocenters. The molecule has 0 radical (unpaired) electrons. The van der Waals surface area contributed by atoms with Crippen LogP contribution in [-0.2, 0) is 20.1 Å². The summed E-state index contributed by atoms with van der Waals surface area (Å²) in [5.74, 6) is 1.07. The molecule has 4 nitrogen and oxygen atoms in total. The molecule has 0 saturated carbocycles. The summed E-state index contributed by atoms with van der Waals surface area (Å²) in [6, 6.07) is 8.59. The molecule has 0 aliphatic carbocycles. The van der Waals surface area contributed by atoms with Gasteiger partial charge in [0.2, 0.25) is 0 Å². The van der Waals surface area contributed by atoms with Gasteiger partial charge in [0.05, 0.1) is 6.54 Å². The molecule has 1 N–H and O–H groups in total. The first kappa shape index (κ1) is 13.9. The van der Waals surface area contributed by atoms with Crippen molar-refractivity contribution >= 4 is 10.9 Å². The summed E-state index contributed by atoms with van der Waals surface area (Å²) in [6.07, 6.45) is 7.25. The lowest BCUT2D eigenvalue weighted by Gasteiger charge is -2.05. The summed E-state index contributed by atoms with van der Waals surface area (Å²) in [5.41, 5.74) is 2.63. The smallest absolute Gasteiger partial charge is 0.128 e. The van der Waals surface area contributed by atoms with Gasteiger partial charge in [-0.2, -0.15) is 0 Å². The molecular formula is C17H22N4. The second kappa shape index (κ2) is 6.14. The fourth-order valence-electron chi connectivity index (χ4n) is 2.70. The number of nitrogens with zero attached hydrogens (tertiary/aromatic N) is 3. The third-order valence-corrected chi connectivity index (χ3v) is 3.85. The number of hydrogen-bond donors (Lipinski definition) is 1. The van der Waals surface area contributed by atoms with E-state index in [0.717, 1.165) is 31.9 Å². The number of hydrogen-bond acceptors (Lipinski definition) is 2. The SMILES string of the molecule is CCCNCc1cn(Cc2nccn2C)c2ccccc12. The van der Waals surface area contributed by atoms with Crippen molar-refractivity contribution in [1.82, 2.24) is 19.4 Å². The molecule has 0 spiro atoms. The Balaban J connectivity index is 1.93. The van der Waals surface area contributed by atoms with Crippen LogP contribution in [0.5, 0.6) is 0 Å². The van der Waals surface area contributed by atoms with Crippen molar-refractivity contribution < 1.29 is 0 Å². The molecule has 0 fully saturated rings. The Morgan fingerprint density at radius 3 is 2.86 bits per heavy atom. The first-order valence-electron chi connectivity index (χ1n) is 7.53. The molecule has 3 aromatic rings. The van der Waals surface area contributed by atoms with Gasteiger partial charge in [0.1, 0.15) is 5.82 Å². The highest BCUT2D eigenvalue weighted by Crippen LogP contribution is 2.22. The van der Waals surface area contributed by atoms with Crippen LogP contribution in [0, 0.1) is 0 Å². The van der Waals surface area contributed by atoms with Gasteiger partial charge in [0, 0.05) is 43.1 Å². The van der Waals surface area contributed by atoms with Gasteiger partial charge >= 0.3 is 0 Å². The third-order valence-electron chi connectivity index (χ3n) is 3.85. The number of imidazole rings is 1. The minimum atomic E-state index is 0.803. The number of benzene rings is 1. The van der Waals surface area contributed by atoms with Gasteiger partial charge in [0.25, 0.3) is 0 Å². The van der Waals surface area contributed by atoms with Crippen LogP contribution in [-0.4, -0.2) is 20.7 Å². The summed E-state index contributed by atoms with van der Waals surface area (Å²) in [6.45, 7) is 4.97. The maximum Gasteiger partial charge on any atom is 0.128 e. The predicted molar refractivity (Wildman–Crippen MR) is 86.2 cm³/mol. The highest BCUT2D eigenvalue weighted by Gasteiger charge is 2.09. The van der Waals surface area contributed by atoms with Crippen molar-refractivity contribution in [2.75, 3.05) is 6.54 Å². The summed E-state index contributed by atoms with van der Waals surface area (Å²) < 4.78 is 4.37. The maximum absolute atomic E-state index is 4.43. The second-order valence-electron chi connectivity index (χ2n) is 5.43. The highest BCUT2D eigenvalue weighted by atomic mass is 15.1. The summed E-state index contributed by atoms with van der Waals surface area (Å²) >= 11 is 0. The monoisotopic (exact) mass is 282 g/mol. The van der Waals surface area contributed by atoms with E-state index in [1.165, 1.54) is 16.5 Å². The minimum Gasteiger partial charge on any atom is -0.340 e. The van der Waals surface area contributed by atoms with Gasteiger partial charge in [-0.1, -0.05) is 25.1 Å². The largest absolute Gasteiger partial charge is 0.340 e. The van der Waals surface area contributed by atoms with Crippen LogP contribution in [0.15, 0.2) is 42.9 Å². The van der Waals surface area contributed by atoms with Crippen LogP contribution in [0.2, 0.25) is 0 Å². The highest BCUT2D eigenvalue weighted by molar-refractivity contribution is 5.84. The van der Waals surface area contributed by atoms with Crippen LogP contribution in [0.4, 0.5) is 0 Å². The third kappa shape index (κ3) is 2.85. The number of nitrogens with one attached hydrogen (secondary N) is 1. The van der Waals surface area contributed by atoms with Crippen LogP contribution < -0.4 is 5.32 Å². The Hall–Kier alpha value is -2.07. The topological polar surface area (TPSA) is 34.8 Å². The first-order valence-corrected chi connectivity index (χ1v) is 7.53. The molecule has 110 valence electrons. The Morgan fingerprint density at radius 2 is 2.10 bits per heavy atom. The molecule has 0 aliphatic rings. The summed E-state index contributed by atoms with van der Waals surface area (Å²) in [7, 11) is 2.04. The molecule has 4 heteroatoms. The molecule has 1 aromatic carbocycles. The Labute approximate surface area is 125 Å². The predicted octanol–water partition coefficient (Wildman–Crippen LogP) is 2.92. The molecule has 0 amide bonds. The van der Waals surface area contributed by atoms with Crippen molar-refractivity contribution in [3.05, 3.63) is 54.2 Å². The van der Waals surface area contributed by atoms with Gasteiger partial charge < -0.3 is 14.5 Å². The number of aromatic nitrogens is 3. The van der Waals surface area contributed by atoms with Crippen LogP contribution >= 0.6 is 0 Å². The van der Waals surface area contributed by atoms with E-state index in [9.17, 15) is 0 Å². The Morgan fingerprint density at radius 1 is 1.24 bits per heavy atom. The zero-order chi connectivity index (χ0) is 14.7. The van der Waals surface area contributed by atoms with Crippen molar-refractivity contribution in [2.45, 2.75) is 26.4 Å². The van der Waals surface area contributed by atoms with E-state index in [2.05, 4.69) is 56.8 Å². The van der Waals surface area contributed by atoms with Gasteiger partial charge in [-0.15, -0.1) is 0 Å². The van der Waals surface area contributed by atoms with Gasteiger partial charge in [0.15, 0.2) is 0 Å². The van der Waals surface area contributed by atoms with E-state index in [1.807, 2.05) is 19.4 Å². The fourth-order valence-corrected chi connectivity index (χ4v) is 2.70. The lowest BCUT2D eigenvalue weighted by atomic mass is 10.2. The second-order valence-corrected chi connectivity index (χ2v) is 5.43. The van der Waals surface area contributed by atoms with Crippen molar-refractivity contribution in [3.8, 4) is 0 Å². The van der Waals surface area contributed by atoms with E-state index >= 15 is 0 Å². The average molecular weight is 282 g/mol. The lowest BCUT2D eigenvalue weighted by molar-refractivity contribution is 0.671. The fraction of sp³-hybridized carbons (Fsp3) is 0.353.